The number of nitrogens with one attached hydrogen (secondary N) is 1. The molecule has 0 spiro atoms. The molecule has 104 valence electrons. The first-order valence-electron chi connectivity index (χ1n) is 6.59. The fraction of sp³-hybridized carbons (Fsp3) is 0.533. The van der Waals surface area contributed by atoms with Gasteiger partial charge in [-0.3, -0.25) is 4.79 Å². The molecule has 3 nitrogen and oxygen atoms in total. The normalized spacial score (nSPS) is 15.9. The molecule has 0 radical (unpaired) electrons. The van der Waals surface area contributed by atoms with Gasteiger partial charge < -0.3 is 10.1 Å². The molecule has 1 saturated carbocycles. The lowest BCUT2D eigenvalue weighted by atomic mass is 10.0. The standard InChI is InChI=1S/C15H20BrNO2/c1-11-3-4-12(9-13(11)19-2)14(18)17-10-15(5-6-15)7-8-16/h3-4,9H,5-8,10H2,1-2H3,(H,17,18). The van der Waals surface area contributed by atoms with Crippen LogP contribution >= 0.6 is 15.9 Å². The lowest BCUT2D eigenvalue weighted by Crippen LogP contribution is -2.30. The van der Waals surface area contributed by atoms with E-state index in [1.165, 1.54) is 12.8 Å². The van der Waals surface area contributed by atoms with Gasteiger partial charge in [0.05, 0.1) is 7.11 Å². The van der Waals surface area contributed by atoms with E-state index in [4.69, 9.17) is 4.74 Å². The van der Waals surface area contributed by atoms with E-state index in [0.717, 1.165) is 29.6 Å². The van der Waals surface area contributed by atoms with Crippen LogP contribution in [-0.4, -0.2) is 24.9 Å². The molecule has 0 saturated heterocycles. The Labute approximate surface area is 122 Å². The molecule has 1 aliphatic rings. The molecule has 0 unspecified atom stereocenters. The number of carbonyl (C=O) groups excluding carboxylic acids is 1. The van der Waals surface area contributed by atoms with Crippen molar-refractivity contribution in [3.05, 3.63) is 29.3 Å². The van der Waals surface area contributed by atoms with Crippen molar-refractivity contribution >= 4 is 21.8 Å². The highest BCUT2D eigenvalue weighted by Gasteiger charge is 2.41. The van der Waals surface area contributed by atoms with Gasteiger partial charge in [-0.05, 0) is 49.3 Å². The first-order chi connectivity index (χ1) is 9.10. The van der Waals surface area contributed by atoms with Gasteiger partial charge in [0.25, 0.3) is 5.91 Å². The maximum absolute atomic E-state index is 12.1. The average molecular weight is 326 g/mol. The average Bonchev–Trinajstić information content (AvgIpc) is 3.17. The first-order valence-corrected chi connectivity index (χ1v) is 7.71. The summed E-state index contributed by atoms with van der Waals surface area (Å²) in [6.45, 7) is 2.74. The predicted molar refractivity (Wildman–Crippen MR) is 80.1 cm³/mol. The molecule has 1 N–H and O–H groups in total. The van der Waals surface area contributed by atoms with Crippen molar-refractivity contribution < 1.29 is 9.53 Å². The number of aryl methyl sites for hydroxylation is 1. The van der Waals surface area contributed by atoms with Crippen molar-refractivity contribution in [2.45, 2.75) is 26.2 Å². The smallest absolute Gasteiger partial charge is 0.251 e. The summed E-state index contributed by atoms with van der Waals surface area (Å²) in [6.07, 6.45) is 3.57. The molecule has 1 fully saturated rings. The van der Waals surface area contributed by atoms with Gasteiger partial charge in [-0.2, -0.15) is 0 Å². The lowest BCUT2D eigenvalue weighted by Gasteiger charge is -2.15. The van der Waals surface area contributed by atoms with E-state index in [9.17, 15) is 4.79 Å². The Morgan fingerprint density at radius 1 is 1.47 bits per heavy atom. The maximum Gasteiger partial charge on any atom is 0.251 e. The zero-order valence-electron chi connectivity index (χ0n) is 11.5. The Balaban J connectivity index is 1.96. The van der Waals surface area contributed by atoms with Crippen molar-refractivity contribution in [2.24, 2.45) is 5.41 Å². The topological polar surface area (TPSA) is 38.3 Å². The van der Waals surface area contributed by atoms with Crippen molar-refractivity contribution in [1.29, 1.82) is 0 Å². The summed E-state index contributed by atoms with van der Waals surface area (Å²) in [6, 6.07) is 5.56. The molecule has 0 heterocycles. The number of halogens is 1. The summed E-state index contributed by atoms with van der Waals surface area (Å²) >= 11 is 3.47. The summed E-state index contributed by atoms with van der Waals surface area (Å²) in [5.41, 5.74) is 2.04. The van der Waals surface area contributed by atoms with Crippen LogP contribution in [0.3, 0.4) is 0 Å². The van der Waals surface area contributed by atoms with Crippen molar-refractivity contribution in [2.75, 3.05) is 19.0 Å². The number of alkyl halides is 1. The SMILES string of the molecule is COc1cc(C(=O)NCC2(CCBr)CC2)ccc1C. The van der Waals surface area contributed by atoms with Crippen molar-refractivity contribution in [3.63, 3.8) is 0 Å². The number of methoxy groups -OCH3 is 1. The van der Waals surface area contributed by atoms with Crippen molar-refractivity contribution in [3.8, 4) is 5.75 Å². The van der Waals surface area contributed by atoms with Gasteiger partial charge in [0.15, 0.2) is 0 Å². The molecule has 19 heavy (non-hydrogen) atoms. The fourth-order valence-electron chi connectivity index (χ4n) is 2.22. The van der Waals surface area contributed by atoms with Crippen LogP contribution in [0.15, 0.2) is 18.2 Å². The highest BCUT2D eigenvalue weighted by Crippen LogP contribution is 2.48. The molecule has 1 aliphatic carbocycles. The second-order valence-corrected chi connectivity index (χ2v) is 6.10. The highest BCUT2D eigenvalue weighted by molar-refractivity contribution is 9.09. The molecule has 4 heteroatoms. The van der Waals surface area contributed by atoms with E-state index >= 15 is 0 Å². The maximum atomic E-state index is 12.1. The molecule has 1 aromatic carbocycles. The van der Waals surface area contributed by atoms with E-state index in [-0.39, 0.29) is 5.91 Å². The quantitative estimate of drug-likeness (QED) is 0.815. The second-order valence-electron chi connectivity index (χ2n) is 5.31. The third kappa shape index (κ3) is 3.50. The van der Waals surface area contributed by atoms with Gasteiger partial charge in [0.2, 0.25) is 0 Å². The third-order valence-corrected chi connectivity index (χ3v) is 4.27. The van der Waals surface area contributed by atoms with Crippen LogP contribution in [0.4, 0.5) is 0 Å². The predicted octanol–water partition coefficient (Wildman–Crippen LogP) is 3.30. The fourth-order valence-corrected chi connectivity index (χ4v) is 3.06. The summed E-state index contributed by atoms with van der Waals surface area (Å²) in [7, 11) is 1.62. The Morgan fingerprint density at radius 3 is 2.79 bits per heavy atom. The van der Waals surface area contributed by atoms with Gasteiger partial charge in [0, 0.05) is 17.4 Å². The summed E-state index contributed by atoms with van der Waals surface area (Å²) in [5, 5.41) is 4.04. The van der Waals surface area contributed by atoms with E-state index in [1.807, 2.05) is 19.1 Å². The molecule has 0 aliphatic heterocycles. The number of benzene rings is 1. The molecule has 2 rings (SSSR count). The minimum atomic E-state index is -0.0147. The first kappa shape index (κ1) is 14.4. The van der Waals surface area contributed by atoms with Crippen LogP contribution in [0.1, 0.15) is 35.2 Å². The van der Waals surface area contributed by atoms with Crippen LogP contribution in [0.5, 0.6) is 5.75 Å². The molecule has 0 aromatic heterocycles. The lowest BCUT2D eigenvalue weighted by molar-refractivity contribution is 0.0944. The number of hydrogen-bond acceptors (Lipinski definition) is 2. The summed E-state index contributed by atoms with van der Waals surface area (Å²) in [4.78, 5) is 12.1. The summed E-state index contributed by atoms with van der Waals surface area (Å²) < 4.78 is 5.25. The zero-order chi connectivity index (χ0) is 13.9. The van der Waals surface area contributed by atoms with E-state index in [2.05, 4.69) is 21.2 Å². The molecule has 0 bridgehead atoms. The minimum absolute atomic E-state index is 0.0147. The van der Waals surface area contributed by atoms with Gasteiger partial charge in [0.1, 0.15) is 5.75 Å². The molecule has 1 amide bonds. The number of hydrogen-bond donors (Lipinski definition) is 1. The van der Waals surface area contributed by atoms with Crippen LogP contribution in [-0.2, 0) is 0 Å². The second kappa shape index (κ2) is 5.95. The Hall–Kier alpha value is -1.03. The van der Waals surface area contributed by atoms with Crippen LogP contribution in [0.2, 0.25) is 0 Å². The van der Waals surface area contributed by atoms with Crippen LogP contribution in [0, 0.1) is 12.3 Å². The van der Waals surface area contributed by atoms with Crippen LogP contribution < -0.4 is 10.1 Å². The number of ether oxygens (including phenoxy) is 1. The number of carbonyl (C=O) groups is 1. The Kier molecular flexibility index (Phi) is 4.50. The third-order valence-electron chi connectivity index (χ3n) is 3.88. The van der Waals surface area contributed by atoms with Gasteiger partial charge in [-0.15, -0.1) is 0 Å². The van der Waals surface area contributed by atoms with Gasteiger partial charge in [-0.1, -0.05) is 22.0 Å². The Morgan fingerprint density at radius 2 is 2.21 bits per heavy atom. The number of amides is 1. The van der Waals surface area contributed by atoms with Crippen molar-refractivity contribution in [1.82, 2.24) is 5.32 Å². The molecular weight excluding hydrogens is 306 g/mol. The monoisotopic (exact) mass is 325 g/mol. The molecule has 0 atom stereocenters. The van der Waals surface area contributed by atoms with E-state index in [1.54, 1.807) is 13.2 Å². The minimum Gasteiger partial charge on any atom is -0.496 e. The largest absolute Gasteiger partial charge is 0.496 e. The van der Waals surface area contributed by atoms with Crippen LogP contribution in [0.25, 0.3) is 0 Å². The van der Waals surface area contributed by atoms with Gasteiger partial charge in [-0.25, -0.2) is 0 Å². The number of rotatable bonds is 6. The Bertz CT molecular complexity index is 469. The molecular formula is C15H20BrNO2. The molecule has 1 aromatic rings. The summed E-state index contributed by atoms with van der Waals surface area (Å²) in [5.74, 6) is 0.744. The van der Waals surface area contributed by atoms with E-state index in [0.29, 0.717) is 11.0 Å². The van der Waals surface area contributed by atoms with Gasteiger partial charge >= 0.3 is 0 Å². The zero-order valence-corrected chi connectivity index (χ0v) is 13.0. The van der Waals surface area contributed by atoms with E-state index < -0.39 is 0 Å². The highest BCUT2D eigenvalue weighted by atomic mass is 79.9.